The van der Waals surface area contributed by atoms with Crippen LogP contribution in [0.2, 0.25) is 0 Å². The first-order valence-corrected chi connectivity index (χ1v) is 11.3. The lowest BCUT2D eigenvalue weighted by Gasteiger charge is -2.12. The molecule has 0 unspecified atom stereocenters. The molecule has 0 atom stereocenters. The molecule has 30 heavy (non-hydrogen) atoms. The Morgan fingerprint density at radius 1 is 1.20 bits per heavy atom. The Balaban J connectivity index is 1.71. The van der Waals surface area contributed by atoms with Gasteiger partial charge in [-0.3, -0.25) is 0 Å². The standard InChI is InChI=1S/C22H24N4O2S2/c1-13-19(26-21(24-13)30-20(25-26)22(2,3)27)15-7-10-17(28-4)18(11-15)29-12-14-5-8-16(23)9-6-14/h5-11,27H,12,23H2,1-4H3. The first-order chi connectivity index (χ1) is 14.3. The van der Waals surface area contributed by atoms with Gasteiger partial charge in [0.25, 0.3) is 0 Å². The SMILES string of the molecule is COc1ccc(-c2c(C)nc3sc(C(C)(C)O)nn23)cc1SCc1ccc(N)cc1. The predicted molar refractivity (Wildman–Crippen MR) is 123 cm³/mol. The molecule has 0 aliphatic heterocycles. The van der Waals surface area contributed by atoms with Crippen molar-refractivity contribution in [1.29, 1.82) is 0 Å². The highest BCUT2D eigenvalue weighted by Gasteiger charge is 2.24. The third kappa shape index (κ3) is 4.03. The Kier molecular flexibility index (Phi) is 5.48. The maximum Gasteiger partial charge on any atom is 0.213 e. The molecular weight excluding hydrogens is 416 g/mol. The van der Waals surface area contributed by atoms with Gasteiger partial charge in [-0.15, -0.1) is 11.8 Å². The van der Waals surface area contributed by atoms with E-state index in [-0.39, 0.29) is 0 Å². The van der Waals surface area contributed by atoms with Crippen molar-refractivity contribution in [3.05, 3.63) is 58.7 Å². The first kappa shape index (κ1) is 20.7. The Hall–Kier alpha value is -2.55. The summed E-state index contributed by atoms with van der Waals surface area (Å²) in [4.78, 5) is 6.47. The van der Waals surface area contributed by atoms with Crippen LogP contribution in [0.1, 0.15) is 30.1 Å². The molecule has 6 nitrogen and oxygen atoms in total. The average Bonchev–Trinajstić information content (AvgIpc) is 3.24. The maximum atomic E-state index is 10.3. The van der Waals surface area contributed by atoms with E-state index in [0.717, 1.165) is 44.0 Å². The number of hydrogen-bond donors (Lipinski definition) is 2. The molecule has 2 aromatic carbocycles. The van der Waals surface area contributed by atoms with Gasteiger partial charge in [0.15, 0.2) is 0 Å². The highest BCUT2D eigenvalue weighted by Crippen LogP contribution is 2.37. The molecule has 0 radical (unpaired) electrons. The largest absolute Gasteiger partial charge is 0.496 e. The van der Waals surface area contributed by atoms with Gasteiger partial charge in [0.2, 0.25) is 4.96 Å². The number of hydrogen-bond acceptors (Lipinski definition) is 7. The summed E-state index contributed by atoms with van der Waals surface area (Å²) >= 11 is 3.11. The van der Waals surface area contributed by atoms with Crippen LogP contribution in [0.25, 0.3) is 16.2 Å². The molecule has 156 valence electrons. The molecule has 3 N–H and O–H groups in total. The summed E-state index contributed by atoms with van der Waals surface area (Å²) in [5.41, 5.74) is 9.57. The zero-order chi connectivity index (χ0) is 21.5. The number of nitrogen functional groups attached to an aromatic ring is 1. The molecule has 0 saturated heterocycles. The molecule has 4 aromatic rings. The van der Waals surface area contributed by atoms with E-state index in [4.69, 9.17) is 10.5 Å². The van der Waals surface area contributed by atoms with Crippen LogP contribution in [-0.2, 0) is 11.4 Å². The third-order valence-electron chi connectivity index (χ3n) is 4.71. The van der Waals surface area contributed by atoms with Crippen molar-refractivity contribution in [2.45, 2.75) is 37.0 Å². The van der Waals surface area contributed by atoms with E-state index < -0.39 is 5.60 Å². The van der Waals surface area contributed by atoms with E-state index in [9.17, 15) is 5.11 Å². The van der Waals surface area contributed by atoms with Crippen LogP contribution in [0, 0.1) is 6.92 Å². The van der Waals surface area contributed by atoms with Gasteiger partial charge in [-0.2, -0.15) is 5.10 Å². The van der Waals surface area contributed by atoms with Crippen LogP contribution >= 0.6 is 23.1 Å². The molecule has 2 aromatic heterocycles. The van der Waals surface area contributed by atoms with Crippen LogP contribution in [0.4, 0.5) is 5.69 Å². The van der Waals surface area contributed by atoms with Crippen LogP contribution in [0.3, 0.4) is 0 Å². The number of methoxy groups -OCH3 is 1. The van der Waals surface area contributed by atoms with Gasteiger partial charge in [0.1, 0.15) is 16.4 Å². The molecule has 4 rings (SSSR count). The summed E-state index contributed by atoms with van der Waals surface area (Å²) in [7, 11) is 1.68. The van der Waals surface area contributed by atoms with Crippen molar-refractivity contribution in [3.8, 4) is 17.0 Å². The minimum absolute atomic E-state index is 0.637. The summed E-state index contributed by atoms with van der Waals surface area (Å²) in [6.45, 7) is 5.44. The van der Waals surface area contributed by atoms with E-state index in [1.54, 1.807) is 32.7 Å². The summed E-state index contributed by atoms with van der Waals surface area (Å²) in [5.74, 6) is 1.63. The van der Waals surface area contributed by atoms with Gasteiger partial charge in [-0.25, -0.2) is 9.50 Å². The number of aliphatic hydroxyl groups is 1. The summed E-state index contributed by atoms with van der Waals surface area (Å²) in [6.07, 6.45) is 0. The highest BCUT2D eigenvalue weighted by atomic mass is 32.2. The number of imidazole rings is 1. The highest BCUT2D eigenvalue weighted by molar-refractivity contribution is 7.98. The van der Waals surface area contributed by atoms with Crippen molar-refractivity contribution in [2.75, 3.05) is 12.8 Å². The van der Waals surface area contributed by atoms with Gasteiger partial charge in [0, 0.05) is 17.0 Å². The molecule has 0 amide bonds. The molecule has 0 saturated carbocycles. The van der Waals surface area contributed by atoms with Gasteiger partial charge in [0.05, 0.1) is 23.4 Å². The summed E-state index contributed by atoms with van der Waals surface area (Å²) in [6, 6.07) is 14.0. The van der Waals surface area contributed by atoms with Crippen LogP contribution < -0.4 is 10.5 Å². The molecule has 0 spiro atoms. The smallest absolute Gasteiger partial charge is 0.213 e. The van der Waals surface area contributed by atoms with E-state index in [2.05, 4.69) is 16.1 Å². The van der Waals surface area contributed by atoms with Gasteiger partial charge < -0.3 is 15.6 Å². The normalized spacial score (nSPS) is 11.9. The summed E-state index contributed by atoms with van der Waals surface area (Å²) in [5, 5.41) is 15.6. The van der Waals surface area contributed by atoms with Crippen molar-refractivity contribution in [2.24, 2.45) is 0 Å². The fraction of sp³-hybridized carbons (Fsp3) is 0.273. The monoisotopic (exact) mass is 440 g/mol. The Morgan fingerprint density at radius 3 is 2.60 bits per heavy atom. The first-order valence-electron chi connectivity index (χ1n) is 9.51. The van der Waals surface area contributed by atoms with E-state index in [1.807, 2.05) is 47.8 Å². The van der Waals surface area contributed by atoms with Crippen LogP contribution in [-0.4, -0.2) is 26.8 Å². The number of benzene rings is 2. The fourth-order valence-corrected chi connectivity index (χ4v) is 5.10. The minimum Gasteiger partial charge on any atom is -0.496 e. The second-order valence-corrected chi connectivity index (χ2v) is 9.58. The zero-order valence-corrected chi connectivity index (χ0v) is 19.0. The maximum absolute atomic E-state index is 10.3. The molecule has 2 heterocycles. The quantitative estimate of drug-likeness (QED) is 0.328. The summed E-state index contributed by atoms with van der Waals surface area (Å²) < 4.78 is 7.40. The van der Waals surface area contributed by atoms with E-state index in [0.29, 0.717) is 5.01 Å². The zero-order valence-electron chi connectivity index (χ0n) is 17.3. The second kappa shape index (κ2) is 7.94. The lowest BCUT2D eigenvalue weighted by molar-refractivity contribution is 0.0773. The number of aryl methyl sites for hydroxylation is 1. The van der Waals surface area contributed by atoms with E-state index >= 15 is 0 Å². The van der Waals surface area contributed by atoms with E-state index in [1.165, 1.54) is 16.9 Å². The number of fused-ring (bicyclic) bond motifs is 1. The minimum atomic E-state index is -1.00. The van der Waals surface area contributed by atoms with Crippen LogP contribution in [0.5, 0.6) is 5.75 Å². The lowest BCUT2D eigenvalue weighted by Crippen LogP contribution is -2.15. The van der Waals surface area contributed by atoms with Gasteiger partial charge in [-0.1, -0.05) is 23.5 Å². The molecule has 8 heteroatoms. The third-order valence-corrected chi connectivity index (χ3v) is 7.04. The lowest BCUT2D eigenvalue weighted by atomic mass is 10.1. The number of aromatic nitrogens is 3. The van der Waals surface area contributed by atoms with Crippen molar-refractivity contribution < 1.29 is 9.84 Å². The number of thioether (sulfide) groups is 1. The molecule has 0 aliphatic carbocycles. The number of ether oxygens (including phenoxy) is 1. The molecule has 0 fully saturated rings. The Labute approximate surface area is 183 Å². The van der Waals surface area contributed by atoms with Crippen molar-refractivity contribution in [1.82, 2.24) is 14.6 Å². The average molecular weight is 441 g/mol. The number of anilines is 1. The van der Waals surface area contributed by atoms with Gasteiger partial charge >= 0.3 is 0 Å². The Morgan fingerprint density at radius 2 is 1.93 bits per heavy atom. The topological polar surface area (TPSA) is 85.7 Å². The number of rotatable bonds is 6. The predicted octanol–water partition coefficient (Wildman–Crippen LogP) is 4.88. The molecular formula is C22H24N4O2S2. The fourth-order valence-electron chi connectivity index (χ4n) is 3.14. The van der Waals surface area contributed by atoms with Crippen LogP contribution in [0.15, 0.2) is 47.4 Å². The Bertz CT molecular complexity index is 1190. The number of nitrogens with zero attached hydrogens (tertiary/aromatic N) is 3. The molecule has 0 bridgehead atoms. The van der Waals surface area contributed by atoms with Crippen molar-refractivity contribution >= 4 is 33.7 Å². The number of nitrogens with two attached hydrogens (primary N) is 1. The van der Waals surface area contributed by atoms with Crippen molar-refractivity contribution in [3.63, 3.8) is 0 Å². The second-order valence-electron chi connectivity index (χ2n) is 7.60. The van der Waals surface area contributed by atoms with Gasteiger partial charge in [-0.05, 0) is 56.7 Å². The molecule has 0 aliphatic rings.